The molecule has 0 heterocycles. The first-order valence-electron chi connectivity index (χ1n) is 5.60. The van der Waals surface area contributed by atoms with E-state index in [4.69, 9.17) is 11.6 Å². The monoisotopic (exact) mass is 272 g/mol. The lowest BCUT2D eigenvalue weighted by atomic mass is 9.98. The molecule has 0 aromatic heterocycles. The molecule has 0 bridgehead atoms. The Hall–Kier alpha value is -1.17. The van der Waals surface area contributed by atoms with Crippen LogP contribution in [0.25, 0.3) is 0 Å². The first kappa shape index (κ1) is 14.9. The number of nitro benzene ring substituents is 1. The molecule has 1 rings (SSSR count). The number of non-ortho nitro benzene ring substituents is 1. The van der Waals surface area contributed by atoms with E-state index >= 15 is 0 Å². The first-order chi connectivity index (χ1) is 8.24. The van der Waals surface area contributed by atoms with Gasteiger partial charge >= 0.3 is 0 Å². The summed E-state index contributed by atoms with van der Waals surface area (Å²) in [5, 5.41) is 23.8. The summed E-state index contributed by atoms with van der Waals surface area (Å²) in [5.74, 6) is 0. The number of nitrogens with one attached hydrogen (secondary N) is 1. The molecule has 1 atom stereocenters. The number of nitro groups is 1. The van der Waals surface area contributed by atoms with Crippen LogP contribution < -0.4 is 5.32 Å². The third kappa shape index (κ3) is 3.66. The van der Waals surface area contributed by atoms with Crippen molar-refractivity contribution in [2.24, 2.45) is 0 Å². The SMILES string of the molecule is CC(O)C(C)(C)NCc1cc([N+](=O)[O-])ccc1Cl. The molecular formula is C12H17ClN2O3. The van der Waals surface area contributed by atoms with Crippen molar-refractivity contribution in [1.82, 2.24) is 5.32 Å². The van der Waals surface area contributed by atoms with Gasteiger partial charge in [0.2, 0.25) is 0 Å². The molecule has 0 aliphatic rings. The lowest BCUT2D eigenvalue weighted by Crippen LogP contribution is -2.47. The number of nitrogens with zero attached hydrogens (tertiary/aromatic N) is 1. The van der Waals surface area contributed by atoms with Gasteiger partial charge in [-0.05, 0) is 32.4 Å². The number of aliphatic hydroxyl groups excluding tert-OH is 1. The Labute approximate surface area is 111 Å². The van der Waals surface area contributed by atoms with E-state index in [1.807, 2.05) is 13.8 Å². The van der Waals surface area contributed by atoms with Gasteiger partial charge in [-0.25, -0.2) is 0 Å². The van der Waals surface area contributed by atoms with Crippen molar-refractivity contribution in [3.63, 3.8) is 0 Å². The molecule has 0 radical (unpaired) electrons. The normalized spacial score (nSPS) is 13.4. The highest BCUT2D eigenvalue weighted by molar-refractivity contribution is 6.31. The Morgan fingerprint density at radius 2 is 2.17 bits per heavy atom. The number of rotatable bonds is 5. The standard InChI is InChI=1S/C12H17ClN2O3/c1-8(16)12(2,3)14-7-9-6-10(15(17)18)4-5-11(9)13/h4-6,8,14,16H,7H2,1-3H3. The fourth-order valence-corrected chi connectivity index (χ4v) is 1.47. The van der Waals surface area contributed by atoms with E-state index in [1.165, 1.54) is 18.2 Å². The maximum atomic E-state index is 10.7. The van der Waals surface area contributed by atoms with Crippen molar-refractivity contribution < 1.29 is 10.0 Å². The summed E-state index contributed by atoms with van der Waals surface area (Å²) in [6.45, 7) is 5.74. The molecule has 0 saturated carbocycles. The lowest BCUT2D eigenvalue weighted by Gasteiger charge is -2.29. The highest BCUT2D eigenvalue weighted by Crippen LogP contribution is 2.22. The number of hydrogen-bond acceptors (Lipinski definition) is 4. The van der Waals surface area contributed by atoms with Crippen molar-refractivity contribution in [3.8, 4) is 0 Å². The van der Waals surface area contributed by atoms with Crippen LogP contribution in [-0.2, 0) is 6.54 Å². The van der Waals surface area contributed by atoms with Gasteiger partial charge in [0.1, 0.15) is 0 Å². The predicted molar refractivity (Wildman–Crippen MR) is 70.7 cm³/mol. The Morgan fingerprint density at radius 1 is 1.56 bits per heavy atom. The lowest BCUT2D eigenvalue weighted by molar-refractivity contribution is -0.384. The van der Waals surface area contributed by atoms with Gasteiger partial charge in [-0.3, -0.25) is 10.1 Å². The van der Waals surface area contributed by atoms with Crippen molar-refractivity contribution in [2.45, 2.75) is 39.0 Å². The highest BCUT2D eigenvalue weighted by atomic mass is 35.5. The molecule has 0 spiro atoms. The second kappa shape index (κ2) is 5.65. The molecule has 18 heavy (non-hydrogen) atoms. The fraction of sp³-hybridized carbons (Fsp3) is 0.500. The summed E-state index contributed by atoms with van der Waals surface area (Å²) >= 11 is 5.98. The maximum Gasteiger partial charge on any atom is 0.269 e. The molecule has 100 valence electrons. The largest absolute Gasteiger partial charge is 0.392 e. The van der Waals surface area contributed by atoms with Gasteiger partial charge < -0.3 is 10.4 Å². The summed E-state index contributed by atoms with van der Waals surface area (Å²) in [6, 6.07) is 4.31. The van der Waals surface area contributed by atoms with Crippen LogP contribution in [0.5, 0.6) is 0 Å². The van der Waals surface area contributed by atoms with E-state index in [-0.39, 0.29) is 5.69 Å². The molecule has 5 nitrogen and oxygen atoms in total. The van der Waals surface area contributed by atoms with Crippen LogP contribution in [0.1, 0.15) is 26.3 Å². The molecular weight excluding hydrogens is 256 g/mol. The maximum absolute atomic E-state index is 10.7. The smallest absolute Gasteiger partial charge is 0.269 e. The van der Waals surface area contributed by atoms with Gasteiger partial charge in [0.25, 0.3) is 5.69 Å². The molecule has 0 saturated heterocycles. The third-order valence-electron chi connectivity index (χ3n) is 3.02. The second-order valence-corrected chi connectivity index (χ2v) is 5.19. The summed E-state index contributed by atoms with van der Waals surface area (Å²) in [6.07, 6.45) is -0.546. The van der Waals surface area contributed by atoms with Gasteiger partial charge in [0.05, 0.1) is 11.0 Å². The average Bonchev–Trinajstić information content (AvgIpc) is 2.27. The zero-order chi connectivity index (χ0) is 13.9. The molecule has 2 N–H and O–H groups in total. The van der Waals surface area contributed by atoms with E-state index in [0.29, 0.717) is 17.1 Å². The van der Waals surface area contributed by atoms with Crippen LogP contribution >= 0.6 is 11.6 Å². The van der Waals surface area contributed by atoms with Crippen molar-refractivity contribution in [1.29, 1.82) is 0 Å². The van der Waals surface area contributed by atoms with Gasteiger partial charge in [0.15, 0.2) is 0 Å². The summed E-state index contributed by atoms with van der Waals surface area (Å²) in [4.78, 5) is 10.2. The second-order valence-electron chi connectivity index (χ2n) is 4.78. The van der Waals surface area contributed by atoms with Gasteiger partial charge in [-0.15, -0.1) is 0 Å². The zero-order valence-electron chi connectivity index (χ0n) is 10.6. The molecule has 0 aliphatic carbocycles. The minimum atomic E-state index is -0.546. The van der Waals surface area contributed by atoms with E-state index < -0.39 is 16.6 Å². The van der Waals surface area contributed by atoms with E-state index in [9.17, 15) is 15.2 Å². The van der Waals surface area contributed by atoms with Crippen LogP contribution in [0.4, 0.5) is 5.69 Å². The van der Waals surface area contributed by atoms with Crippen LogP contribution in [0.3, 0.4) is 0 Å². The number of aliphatic hydroxyl groups is 1. The summed E-state index contributed by atoms with van der Waals surface area (Å²) in [7, 11) is 0. The molecule has 1 unspecified atom stereocenters. The third-order valence-corrected chi connectivity index (χ3v) is 3.39. The summed E-state index contributed by atoms with van der Waals surface area (Å²) < 4.78 is 0. The van der Waals surface area contributed by atoms with Gasteiger partial charge in [-0.1, -0.05) is 11.6 Å². The number of halogens is 1. The first-order valence-corrected chi connectivity index (χ1v) is 5.98. The average molecular weight is 273 g/mol. The number of benzene rings is 1. The summed E-state index contributed by atoms with van der Waals surface area (Å²) in [5.41, 5.74) is 0.152. The topological polar surface area (TPSA) is 75.4 Å². The minimum absolute atomic E-state index is 0.00560. The van der Waals surface area contributed by atoms with Gasteiger partial charge in [0, 0.05) is 29.2 Å². The Morgan fingerprint density at radius 3 is 2.67 bits per heavy atom. The molecule has 0 aliphatic heterocycles. The van der Waals surface area contributed by atoms with Crippen molar-refractivity contribution in [3.05, 3.63) is 38.9 Å². The fourth-order valence-electron chi connectivity index (χ4n) is 1.28. The Kier molecular flexibility index (Phi) is 4.67. The van der Waals surface area contributed by atoms with E-state index in [0.717, 1.165) is 0 Å². The van der Waals surface area contributed by atoms with Crippen LogP contribution in [0.15, 0.2) is 18.2 Å². The van der Waals surface area contributed by atoms with E-state index in [1.54, 1.807) is 6.92 Å². The van der Waals surface area contributed by atoms with E-state index in [2.05, 4.69) is 5.32 Å². The molecule has 6 heteroatoms. The molecule has 0 amide bonds. The van der Waals surface area contributed by atoms with Crippen molar-refractivity contribution >= 4 is 17.3 Å². The van der Waals surface area contributed by atoms with Crippen LogP contribution in [0.2, 0.25) is 5.02 Å². The Bertz CT molecular complexity index is 447. The van der Waals surface area contributed by atoms with Gasteiger partial charge in [-0.2, -0.15) is 0 Å². The highest BCUT2D eigenvalue weighted by Gasteiger charge is 2.23. The predicted octanol–water partition coefficient (Wildman–Crippen LogP) is 2.50. The van der Waals surface area contributed by atoms with Crippen molar-refractivity contribution in [2.75, 3.05) is 0 Å². The minimum Gasteiger partial charge on any atom is -0.392 e. The molecule has 1 aromatic carbocycles. The zero-order valence-corrected chi connectivity index (χ0v) is 11.4. The van der Waals surface area contributed by atoms with Crippen LogP contribution in [-0.4, -0.2) is 21.7 Å². The van der Waals surface area contributed by atoms with Crippen LogP contribution in [0, 0.1) is 10.1 Å². The molecule has 0 fully saturated rings. The quantitative estimate of drug-likeness (QED) is 0.638. The molecule has 1 aromatic rings. The Balaban J connectivity index is 2.85. The number of hydrogen-bond donors (Lipinski definition) is 2.